The van der Waals surface area contributed by atoms with Gasteiger partial charge in [-0.15, -0.1) is 13.2 Å². The van der Waals surface area contributed by atoms with E-state index < -0.39 is 24.2 Å². The maximum Gasteiger partial charge on any atom is 0.522 e. The highest BCUT2D eigenvalue weighted by atomic mass is 19.4. The number of ether oxygens (including phenoxy) is 3. The van der Waals surface area contributed by atoms with Crippen LogP contribution in [0.2, 0.25) is 0 Å². The fourth-order valence-corrected chi connectivity index (χ4v) is 4.54. The Morgan fingerprint density at radius 1 is 0.900 bits per heavy atom. The Balaban J connectivity index is 1.38. The van der Waals surface area contributed by atoms with Gasteiger partial charge in [0.15, 0.2) is 0 Å². The minimum absolute atomic E-state index is 0.136. The molecule has 172 valence electrons. The molecule has 0 aromatic carbocycles. The number of hydrogen-bond acceptors (Lipinski definition) is 5. The Hall–Kier alpha value is -1.55. The van der Waals surface area contributed by atoms with Crippen LogP contribution in [0.3, 0.4) is 0 Å². The molecule has 0 radical (unpaired) electrons. The minimum atomic E-state index is -4.64. The highest BCUT2D eigenvalue weighted by Crippen LogP contribution is 2.47. The molecule has 10 heteroatoms. The smallest absolute Gasteiger partial charge is 0.444 e. The van der Waals surface area contributed by atoms with Gasteiger partial charge in [0.05, 0.1) is 12.2 Å². The molecule has 30 heavy (non-hydrogen) atoms. The molecule has 0 aromatic heterocycles. The summed E-state index contributed by atoms with van der Waals surface area (Å²) in [5.41, 5.74) is -1.15. The van der Waals surface area contributed by atoms with Gasteiger partial charge in [0.25, 0.3) is 0 Å². The summed E-state index contributed by atoms with van der Waals surface area (Å²) in [4.78, 5) is 24.5. The van der Waals surface area contributed by atoms with Gasteiger partial charge in [-0.2, -0.15) is 0 Å². The van der Waals surface area contributed by atoms with E-state index in [1.165, 1.54) is 0 Å². The van der Waals surface area contributed by atoms with E-state index in [-0.39, 0.29) is 42.5 Å². The Kier molecular flexibility index (Phi) is 6.30. The third kappa shape index (κ3) is 6.23. The Labute approximate surface area is 174 Å². The van der Waals surface area contributed by atoms with Crippen molar-refractivity contribution in [3.05, 3.63) is 0 Å². The number of hydrogen-bond donors (Lipinski definition) is 2. The molecular weight excluding hydrogens is 405 g/mol. The van der Waals surface area contributed by atoms with Crippen molar-refractivity contribution >= 4 is 12.0 Å². The summed E-state index contributed by atoms with van der Waals surface area (Å²) in [5.74, 6) is -0.260. The number of carbonyl (C=O) groups is 2. The summed E-state index contributed by atoms with van der Waals surface area (Å²) >= 11 is 0. The zero-order valence-electron chi connectivity index (χ0n) is 17.7. The first-order chi connectivity index (χ1) is 13.8. The number of rotatable bonds is 6. The standard InChI is InChI=1S/C20H31F3N2O5/c1-17(2,3)30-16(27)25-19-7-4-18(5-8-19,6-9-19)24-15(26)12-28-13-10-14(11-13)29-20(21,22)23/h13-14H,4-12H2,1-3H3,(H,24,26)(H,25,27)/t13-,14+,18?,19?. The van der Waals surface area contributed by atoms with E-state index in [1.807, 2.05) is 20.8 Å². The van der Waals surface area contributed by atoms with Gasteiger partial charge >= 0.3 is 12.5 Å². The molecule has 4 rings (SSSR count). The molecule has 0 heterocycles. The molecule has 4 saturated carbocycles. The van der Waals surface area contributed by atoms with Crippen LogP contribution in [-0.2, 0) is 19.0 Å². The third-order valence-electron chi connectivity index (χ3n) is 6.22. The van der Waals surface area contributed by atoms with Crippen LogP contribution in [0.1, 0.15) is 72.1 Å². The SMILES string of the molecule is CC(C)(C)OC(=O)NC12CCC(NC(=O)CO[C@H]3C[C@@H](OC(F)(F)F)C3)(CC1)CC2. The molecule has 2 bridgehead atoms. The summed E-state index contributed by atoms with van der Waals surface area (Å²) < 4.78 is 51.1. The van der Waals surface area contributed by atoms with Crippen LogP contribution < -0.4 is 10.6 Å². The van der Waals surface area contributed by atoms with Crippen molar-refractivity contribution in [3.63, 3.8) is 0 Å². The Morgan fingerprint density at radius 2 is 1.40 bits per heavy atom. The highest BCUT2D eigenvalue weighted by Gasteiger charge is 2.50. The number of alkyl carbamates (subject to hydrolysis) is 1. The molecule has 0 unspecified atom stereocenters. The molecule has 4 aliphatic rings. The normalized spacial score (nSPS) is 33.5. The predicted molar refractivity (Wildman–Crippen MR) is 101 cm³/mol. The summed E-state index contributed by atoms with van der Waals surface area (Å²) in [6, 6.07) is 0. The third-order valence-corrected chi connectivity index (χ3v) is 6.22. The van der Waals surface area contributed by atoms with E-state index in [4.69, 9.17) is 9.47 Å². The molecule has 7 nitrogen and oxygen atoms in total. The van der Waals surface area contributed by atoms with E-state index in [1.54, 1.807) is 0 Å². The summed E-state index contributed by atoms with van der Waals surface area (Å²) in [6.07, 6.45) is -1.54. The highest BCUT2D eigenvalue weighted by molar-refractivity contribution is 5.78. The molecule has 4 fully saturated rings. The van der Waals surface area contributed by atoms with Crippen LogP contribution in [-0.4, -0.2) is 53.9 Å². The second kappa shape index (κ2) is 8.18. The lowest BCUT2D eigenvalue weighted by Gasteiger charge is -2.53. The van der Waals surface area contributed by atoms with Gasteiger partial charge in [0.2, 0.25) is 5.91 Å². The van der Waals surface area contributed by atoms with Crippen molar-refractivity contribution in [1.82, 2.24) is 10.6 Å². The summed E-state index contributed by atoms with van der Waals surface area (Å²) in [6.45, 7) is 5.29. The number of fused-ring (bicyclic) bond motifs is 3. The number of nitrogens with one attached hydrogen (secondary N) is 2. The van der Waals surface area contributed by atoms with Crippen LogP contribution in [0.4, 0.5) is 18.0 Å². The van der Waals surface area contributed by atoms with Gasteiger partial charge in [0.1, 0.15) is 12.2 Å². The van der Waals surface area contributed by atoms with Crippen molar-refractivity contribution < 1.29 is 37.0 Å². The molecule has 0 atom stereocenters. The molecule has 2 N–H and O–H groups in total. The van der Waals surface area contributed by atoms with Crippen molar-refractivity contribution in [2.75, 3.05) is 6.61 Å². The van der Waals surface area contributed by atoms with E-state index in [0.29, 0.717) is 0 Å². The largest absolute Gasteiger partial charge is 0.522 e. The average molecular weight is 436 g/mol. The second-order valence-corrected chi connectivity index (χ2v) is 9.83. The van der Waals surface area contributed by atoms with Gasteiger partial charge in [0, 0.05) is 23.9 Å². The first kappa shape index (κ1) is 23.1. The minimum Gasteiger partial charge on any atom is -0.444 e. The lowest BCUT2D eigenvalue weighted by molar-refractivity contribution is -0.357. The zero-order valence-corrected chi connectivity index (χ0v) is 17.7. The van der Waals surface area contributed by atoms with Gasteiger partial charge in [-0.1, -0.05) is 0 Å². The lowest BCUT2D eigenvalue weighted by Crippen LogP contribution is -2.64. The van der Waals surface area contributed by atoms with Crippen LogP contribution in [0, 0.1) is 0 Å². The van der Waals surface area contributed by atoms with E-state index in [0.717, 1.165) is 38.5 Å². The topological polar surface area (TPSA) is 85.9 Å². The maximum atomic E-state index is 12.3. The van der Waals surface area contributed by atoms with Gasteiger partial charge < -0.3 is 20.1 Å². The number of halogens is 3. The molecular formula is C20H31F3N2O5. The van der Waals surface area contributed by atoms with Crippen molar-refractivity contribution in [2.45, 2.75) is 107 Å². The van der Waals surface area contributed by atoms with Gasteiger partial charge in [-0.25, -0.2) is 4.79 Å². The summed E-state index contributed by atoms with van der Waals surface area (Å²) in [7, 11) is 0. The Morgan fingerprint density at radius 3 is 1.87 bits per heavy atom. The molecule has 0 aliphatic heterocycles. The zero-order chi connectivity index (χ0) is 22.2. The first-order valence-electron chi connectivity index (χ1n) is 10.5. The van der Waals surface area contributed by atoms with Crippen molar-refractivity contribution in [2.24, 2.45) is 0 Å². The number of amides is 2. The second-order valence-electron chi connectivity index (χ2n) is 9.83. The van der Waals surface area contributed by atoms with Crippen LogP contribution in [0.25, 0.3) is 0 Å². The lowest BCUT2D eigenvalue weighted by atomic mass is 9.61. The van der Waals surface area contributed by atoms with E-state index >= 15 is 0 Å². The summed E-state index contributed by atoms with van der Waals surface area (Å²) in [5, 5.41) is 6.09. The quantitative estimate of drug-likeness (QED) is 0.665. The van der Waals surface area contributed by atoms with Crippen LogP contribution in [0.15, 0.2) is 0 Å². The molecule has 0 spiro atoms. The Bertz CT molecular complexity index is 631. The number of carbonyl (C=O) groups excluding carboxylic acids is 2. The van der Waals surface area contributed by atoms with Crippen LogP contribution >= 0.6 is 0 Å². The molecule has 0 aromatic rings. The molecule has 4 aliphatic carbocycles. The fraction of sp³-hybridized carbons (Fsp3) is 0.900. The van der Waals surface area contributed by atoms with Crippen LogP contribution in [0.5, 0.6) is 0 Å². The predicted octanol–water partition coefficient (Wildman–Crippen LogP) is 3.56. The number of alkyl halides is 3. The van der Waals surface area contributed by atoms with Gasteiger partial charge in [-0.05, 0) is 59.3 Å². The van der Waals surface area contributed by atoms with E-state index in [2.05, 4.69) is 15.4 Å². The van der Waals surface area contributed by atoms with Crippen molar-refractivity contribution in [1.29, 1.82) is 0 Å². The average Bonchev–Trinajstić information content (AvgIpc) is 2.55. The van der Waals surface area contributed by atoms with Crippen molar-refractivity contribution in [3.8, 4) is 0 Å². The fourth-order valence-electron chi connectivity index (χ4n) is 4.54. The van der Waals surface area contributed by atoms with Gasteiger partial charge in [-0.3, -0.25) is 9.53 Å². The molecule has 2 amide bonds. The maximum absolute atomic E-state index is 12.3. The van der Waals surface area contributed by atoms with E-state index in [9.17, 15) is 22.8 Å². The first-order valence-corrected chi connectivity index (χ1v) is 10.5. The molecule has 0 saturated heterocycles. The monoisotopic (exact) mass is 436 g/mol.